The van der Waals surface area contributed by atoms with Gasteiger partial charge in [0.15, 0.2) is 16.5 Å². The molecule has 0 radical (unpaired) electrons. The smallest absolute Gasteiger partial charge is 0.403 e. The molecule has 0 unspecified atom stereocenters. The highest BCUT2D eigenvalue weighted by Gasteiger charge is 2.32. The summed E-state index contributed by atoms with van der Waals surface area (Å²) >= 11 is 1.46. The highest BCUT2D eigenvalue weighted by atomic mass is 32.1. The van der Waals surface area contributed by atoms with Gasteiger partial charge in [-0.05, 0) is 47.6 Å². The molecular formula is C26H23F4N3O2S. The van der Waals surface area contributed by atoms with Gasteiger partial charge in [0.1, 0.15) is 5.69 Å². The summed E-state index contributed by atoms with van der Waals surface area (Å²) in [6.45, 7) is -0.114. The molecule has 2 aromatic heterocycles. The molecule has 0 bridgehead atoms. The van der Waals surface area contributed by atoms with Crippen molar-refractivity contribution in [2.75, 3.05) is 0 Å². The van der Waals surface area contributed by atoms with Crippen LogP contribution in [0.15, 0.2) is 54.9 Å². The van der Waals surface area contributed by atoms with Gasteiger partial charge in [0.25, 0.3) is 5.91 Å². The second kappa shape index (κ2) is 9.93. The first-order valence-electron chi connectivity index (χ1n) is 11.7. The van der Waals surface area contributed by atoms with Crippen molar-refractivity contribution in [2.45, 2.75) is 50.9 Å². The van der Waals surface area contributed by atoms with Crippen LogP contribution in [0.5, 0.6) is 5.75 Å². The van der Waals surface area contributed by atoms with Crippen LogP contribution in [0.2, 0.25) is 0 Å². The highest BCUT2D eigenvalue weighted by Crippen LogP contribution is 2.35. The number of imidazole rings is 1. The van der Waals surface area contributed by atoms with E-state index < -0.39 is 23.8 Å². The first kappa shape index (κ1) is 24.3. The molecule has 1 fully saturated rings. The lowest BCUT2D eigenvalue weighted by molar-refractivity contribution is -0.275. The minimum Gasteiger partial charge on any atom is -0.403 e. The SMILES string of the molecule is O=C(NCc1ccc(F)c(OC(F)(F)F)c1)c1cn2cc(-c3ccc(C4CCCCC4)cc3)sc2n1. The van der Waals surface area contributed by atoms with Crippen molar-refractivity contribution in [3.05, 3.63) is 77.5 Å². The van der Waals surface area contributed by atoms with E-state index in [1.165, 1.54) is 55.1 Å². The number of nitrogens with one attached hydrogen (secondary N) is 1. The largest absolute Gasteiger partial charge is 0.573 e. The number of alkyl halides is 3. The number of amides is 1. The highest BCUT2D eigenvalue weighted by molar-refractivity contribution is 7.20. The summed E-state index contributed by atoms with van der Waals surface area (Å²) < 4.78 is 56.3. The molecule has 0 atom stereocenters. The molecule has 36 heavy (non-hydrogen) atoms. The van der Waals surface area contributed by atoms with E-state index in [1.807, 2.05) is 6.20 Å². The summed E-state index contributed by atoms with van der Waals surface area (Å²) in [5.74, 6) is -1.94. The van der Waals surface area contributed by atoms with E-state index in [1.54, 1.807) is 10.6 Å². The quantitative estimate of drug-likeness (QED) is 0.278. The maximum Gasteiger partial charge on any atom is 0.573 e. The maximum absolute atomic E-state index is 13.6. The van der Waals surface area contributed by atoms with Gasteiger partial charge in [-0.2, -0.15) is 0 Å². The van der Waals surface area contributed by atoms with Crippen LogP contribution >= 0.6 is 11.3 Å². The molecule has 10 heteroatoms. The molecule has 0 saturated heterocycles. The number of rotatable bonds is 6. The average Bonchev–Trinajstić information content (AvgIpc) is 3.44. The molecule has 1 amide bonds. The third-order valence-electron chi connectivity index (χ3n) is 6.33. The first-order valence-corrected chi connectivity index (χ1v) is 12.5. The molecule has 0 spiro atoms. The van der Waals surface area contributed by atoms with E-state index in [4.69, 9.17) is 0 Å². The van der Waals surface area contributed by atoms with E-state index in [0.717, 1.165) is 22.6 Å². The number of carbonyl (C=O) groups is 1. The Labute approximate surface area is 208 Å². The predicted octanol–water partition coefficient (Wildman–Crippen LogP) is 7.08. The topological polar surface area (TPSA) is 55.6 Å². The Kier molecular flexibility index (Phi) is 6.70. The van der Waals surface area contributed by atoms with E-state index >= 15 is 0 Å². The fourth-order valence-electron chi connectivity index (χ4n) is 4.53. The number of hydrogen-bond donors (Lipinski definition) is 1. The van der Waals surface area contributed by atoms with Crippen LogP contribution in [0, 0.1) is 5.82 Å². The molecular weight excluding hydrogens is 494 g/mol. The van der Waals surface area contributed by atoms with Gasteiger partial charge in [-0.25, -0.2) is 9.37 Å². The van der Waals surface area contributed by atoms with Gasteiger partial charge >= 0.3 is 6.36 Å². The second-order valence-corrected chi connectivity index (χ2v) is 9.87. The number of halogens is 4. The van der Waals surface area contributed by atoms with E-state index in [-0.39, 0.29) is 17.8 Å². The van der Waals surface area contributed by atoms with Crippen LogP contribution in [0.1, 0.15) is 59.6 Å². The van der Waals surface area contributed by atoms with Gasteiger partial charge in [0, 0.05) is 18.9 Å². The lowest BCUT2D eigenvalue weighted by atomic mass is 9.84. The normalized spacial score (nSPS) is 14.8. The van der Waals surface area contributed by atoms with Crippen molar-refractivity contribution in [1.29, 1.82) is 0 Å². The van der Waals surface area contributed by atoms with Crippen LogP contribution in [0.25, 0.3) is 15.4 Å². The Bertz CT molecular complexity index is 1340. The molecule has 1 aliphatic rings. The molecule has 5 rings (SSSR count). The summed E-state index contributed by atoms with van der Waals surface area (Å²) in [5, 5.41) is 2.59. The fourth-order valence-corrected chi connectivity index (χ4v) is 5.50. The fraction of sp³-hybridized carbons (Fsp3) is 0.308. The van der Waals surface area contributed by atoms with Gasteiger partial charge in [-0.15, -0.1) is 13.2 Å². The summed E-state index contributed by atoms with van der Waals surface area (Å²) in [4.78, 5) is 18.6. The molecule has 4 aromatic rings. The third-order valence-corrected chi connectivity index (χ3v) is 7.38. The monoisotopic (exact) mass is 517 g/mol. The van der Waals surface area contributed by atoms with Gasteiger partial charge in [0.2, 0.25) is 0 Å². The number of aromatic nitrogens is 2. The number of carbonyl (C=O) groups excluding carboxylic acids is 1. The number of hydrogen-bond acceptors (Lipinski definition) is 4. The van der Waals surface area contributed by atoms with Crippen molar-refractivity contribution in [3.8, 4) is 16.2 Å². The molecule has 188 valence electrons. The molecule has 0 aliphatic heterocycles. The molecule has 2 heterocycles. The standard InChI is InChI=1S/C26H23F4N3O2S/c27-20-11-6-16(12-22(20)35-26(28,29)30)13-31-24(34)21-14-33-15-23(36-25(33)32-21)19-9-7-18(8-10-19)17-4-2-1-3-5-17/h6-12,14-15,17H,1-5,13H2,(H,31,34). The average molecular weight is 518 g/mol. The Balaban J connectivity index is 1.24. The minimum atomic E-state index is -5.01. The van der Waals surface area contributed by atoms with Crippen molar-refractivity contribution in [2.24, 2.45) is 0 Å². The van der Waals surface area contributed by atoms with Crippen LogP contribution < -0.4 is 10.1 Å². The van der Waals surface area contributed by atoms with Gasteiger partial charge in [-0.3, -0.25) is 9.20 Å². The number of fused-ring (bicyclic) bond motifs is 1. The Morgan fingerprint density at radius 3 is 2.53 bits per heavy atom. The van der Waals surface area contributed by atoms with E-state index in [9.17, 15) is 22.4 Å². The molecule has 1 saturated carbocycles. The van der Waals surface area contributed by atoms with Gasteiger partial charge < -0.3 is 10.1 Å². The van der Waals surface area contributed by atoms with Gasteiger partial charge in [0.05, 0.1) is 4.88 Å². The lowest BCUT2D eigenvalue weighted by Crippen LogP contribution is -2.23. The van der Waals surface area contributed by atoms with Crippen LogP contribution in [0.4, 0.5) is 17.6 Å². The van der Waals surface area contributed by atoms with Crippen LogP contribution in [-0.2, 0) is 6.54 Å². The van der Waals surface area contributed by atoms with Gasteiger partial charge in [-0.1, -0.05) is 60.9 Å². The van der Waals surface area contributed by atoms with Crippen molar-refractivity contribution >= 4 is 22.2 Å². The molecule has 2 aromatic carbocycles. The molecule has 5 nitrogen and oxygen atoms in total. The zero-order chi connectivity index (χ0) is 25.3. The Morgan fingerprint density at radius 2 is 1.83 bits per heavy atom. The third kappa shape index (κ3) is 5.53. The number of ether oxygens (including phenoxy) is 1. The summed E-state index contributed by atoms with van der Waals surface area (Å²) in [6.07, 6.45) is 4.92. The van der Waals surface area contributed by atoms with Crippen molar-refractivity contribution in [1.82, 2.24) is 14.7 Å². The summed E-state index contributed by atoms with van der Waals surface area (Å²) in [5.41, 5.74) is 2.90. The molecule has 1 N–H and O–H groups in total. The zero-order valence-electron chi connectivity index (χ0n) is 19.1. The second-order valence-electron chi connectivity index (χ2n) is 8.86. The van der Waals surface area contributed by atoms with Crippen molar-refractivity contribution in [3.63, 3.8) is 0 Å². The Morgan fingerprint density at radius 1 is 1.08 bits per heavy atom. The number of thiazole rings is 1. The van der Waals surface area contributed by atoms with E-state index in [2.05, 4.69) is 39.3 Å². The number of benzene rings is 2. The predicted molar refractivity (Wildman–Crippen MR) is 129 cm³/mol. The maximum atomic E-state index is 13.6. The molecule has 1 aliphatic carbocycles. The minimum absolute atomic E-state index is 0.114. The van der Waals surface area contributed by atoms with Crippen LogP contribution in [-0.4, -0.2) is 21.7 Å². The number of nitrogens with zero attached hydrogens (tertiary/aromatic N) is 2. The van der Waals surface area contributed by atoms with Crippen LogP contribution in [0.3, 0.4) is 0 Å². The summed E-state index contributed by atoms with van der Waals surface area (Å²) in [6, 6.07) is 11.7. The van der Waals surface area contributed by atoms with Crippen molar-refractivity contribution < 1.29 is 27.1 Å². The first-order chi connectivity index (χ1) is 17.2. The lowest BCUT2D eigenvalue weighted by Gasteiger charge is -2.22. The summed E-state index contributed by atoms with van der Waals surface area (Å²) in [7, 11) is 0. The Hall–Kier alpha value is -3.40. The van der Waals surface area contributed by atoms with E-state index in [0.29, 0.717) is 10.9 Å². The zero-order valence-corrected chi connectivity index (χ0v) is 20.0.